The molecule has 3 rings (SSSR count). The van der Waals surface area contributed by atoms with E-state index in [9.17, 15) is 4.79 Å². The van der Waals surface area contributed by atoms with Gasteiger partial charge in [0.05, 0.1) is 5.41 Å². The van der Waals surface area contributed by atoms with Crippen LogP contribution in [0.25, 0.3) is 5.03 Å². The van der Waals surface area contributed by atoms with Crippen LogP contribution in [0, 0.1) is 0 Å². The number of benzene rings is 2. The Hall–Kier alpha value is -3.11. The van der Waals surface area contributed by atoms with Crippen molar-refractivity contribution in [1.82, 2.24) is 0 Å². The van der Waals surface area contributed by atoms with Gasteiger partial charge in [0.2, 0.25) is 5.69 Å². The zero-order valence-electron chi connectivity index (χ0n) is 21.9. The first-order valence-electron chi connectivity index (χ1n) is 12.1. The smallest absolute Gasteiger partial charge is 0.298 e. The third kappa shape index (κ3) is 5.76. The molecule has 1 aliphatic heterocycles. The first kappa shape index (κ1) is 26.5. The van der Waals surface area contributed by atoms with Crippen molar-refractivity contribution in [3.8, 4) is 5.75 Å². The molecule has 0 unspecified atom stereocenters. The van der Waals surface area contributed by atoms with Crippen molar-refractivity contribution in [3.05, 3.63) is 83.0 Å². The second-order valence-electron chi connectivity index (χ2n) is 9.45. The molecule has 0 bridgehead atoms. The van der Waals surface area contributed by atoms with Gasteiger partial charge in [-0.1, -0.05) is 29.8 Å². The SMILES string of the molecule is CCN(CC)c1ccc(C(Cl)=CC(C)=CC(C)=CC2=[N+](C)c3ccc(OC=O)cc3C2(C)C)cc1. The van der Waals surface area contributed by atoms with Crippen molar-refractivity contribution in [2.24, 2.45) is 0 Å². The Kier molecular flexibility index (Phi) is 8.39. The Balaban J connectivity index is 1.83. The molecule has 1 aliphatic rings. The first-order valence-corrected chi connectivity index (χ1v) is 12.4. The fourth-order valence-corrected chi connectivity index (χ4v) is 5.06. The predicted molar refractivity (Wildman–Crippen MR) is 148 cm³/mol. The lowest BCUT2D eigenvalue weighted by molar-refractivity contribution is -0.401. The second-order valence-corrected chi connectivity index (χ2v) is 9.86. The molecule has 0 saturated heterocycles. The van der Waals surface area contributed by atoms with Crippen molar-refractivity contribution in [2.45, 2.75) is 47.0 Å². The number of rotatable bonds is 9. The van der Waals surface area contributed by atoms with Crippen molar-refractivity contribution < 1.29 is 14.1 Å². The summed E-state index contributed by atoms with van der Waals surface area (Å²) in [5.74, 6) is 0.558. The Bertz CT molecular complexity index is 1210. The number of ether oxygens (including phenoxy) is 1. The standard InChI is InChI=1S/C30H36ClN2O2/c1-8-33(9-2)24-12-10-23(11-13-24)27(31)17-21(3)16-22(4)18-29-30(5,6)26-19-25(35-20-34)14-15-28(26)32(29)7/h10-20H,8-9H2,1-7H3/q+1. The van der Waals surface area contributed by atoms with Crippen molar-refractivity contribution in [1.29, 1.82) is 0 Å². The Labute approximate surface area is 214 Å². The van der Waals surface area contributed by atoms with Crippen molar-refractivity contribution in [2.75, 3.05) is 25.0 Å². The predicted octanol–water partition coefficient (Wildman–Crippen LogP) is 7.25. The van der Waals surface area contributed by atoms with Crippen LogP contribution in [0.5, 0.6) is 5.75 Å². The van der Waals surface area contributed by atoms with Crippen LogP contribution in [0.3, 0.4) is 0 Å². The van der Waals surface area contributed by atoms with Gasteiger partial charge in [-0.05, 0) is 88.6 Å². The lowest BCUT2D eigenvalue weighted by Crippen LogP contribution is -2.27. The van der Waals surface area contributed by atoms with E-state index < -0.39 is 0 Å². The monoisotopic (exact) mass is 491 g/mol. The van der Waals surface area contributed by atoms with Crippen LogP contribution in [0.4, 0.5) is 11.4 Å². The summed E-state index contributed by atoms with van der Waals surface area (Å²) in [4.78, 5) is 13.1. The molecule has 0 aliphatic carbocycles. The van der Waals surface area contributed by atoms with E-state index in [0.717, 1.165) is 46.1 Å². The van der Waals surface area contributed by atoms with E-state index >= 15 is 0 Å². The molecular formula is C30H36ClN2O2+. The molecule has 0 atom stereocenters. The summed E-state index contributed by atoms with van der Waals surface area (Å²) >= 11 is 6.66. The molecule has 0 radical (unpaired) electrons. The molecule has 184 valence electrons. The van der Waals surface area contributed by atoms with Crippen LogP contribution in [-0.4, -0.2) is 36.9 Å². The number of nitrogens with zero attached hydrogens (tertiary/aromatic N) is 2. The molecular weight excluding hydrogens is 456 g/mol. The molecule has 0 N–H and O–H groups in total. The van der Waals surface area contributed by atoms with Gasteiger partial charge in [-0.25, -0.2) is 0 Å². The van der Waals surface area contributed by atoms with E-state index in [1.807, 2.05) is 24.3 Å². The van der Waals surface area contributed by atoms with Crippen LogP contribution in [0.15, 0.2) is 71.8 Å². The molecule has 0 fully saturated rings. The molecule has 0 aromatic heterocycles. The second kappa shape index (κ2) is 11.1. The summed E-state index contributed by atoms with van der Waals surface area (Å²) in [7, 11) is 2.07. The highest BCUT2D eigenvalue weighted by molar-refractivity contribution is 6.49. The molecule has 2 aromatic carbocycles. The van der Waals surface area contributed by atoms with Crippen LogP contribution in [0.2, 0.25) is 0 Å². The topological polar surface area (TPSA) is 32.5 Å². The van der Waals surface area contributed by atoms with E-state index in [1.165, 1.54) is 11.4 Å². The van der Waals surface area contributed by atoms with Gasteiger partial charge in [0.1, 0.15) is 12.8 Å². The third-order valence-corrected chi connectivity index (χ3v) is 6.96. The largest absolute Gasteiger partial charge is 0.429 e. The highest BCUT2D eigenvalue weighted by atomic mass is 35.5. The fourth-order valence-electron chi connectivity index (χ4n) is 4.76. The van der Waals surface area contributed by atoms with Gasteiger partial charge in [0.25, 0.3) is 6.47 Å². The quantitative estimate of drug-likeness (QED) is 0.210. The number of carbonyl (C=O) groups is 1. The zero-order chi connectivity index (χ0) is 25.8. The molecule has 4 nitrogen and oxygen atoms in total. The summed E-state index contributed by atoms with van der Waals surface area (Å²) in [6, 6.07) is 14.2. The highest BCUT2D eigenvalue weighted by Gasteiger charge is 2.43. The van der Waals surface area contributed by atoms with Gasteiger partial charge < -0.3 is 9.64 Å². The van der Waals surface area contributed by atoms with Crippen LogP contribution >= 0.6 is 11.6 Å². The molecule has 35 heavy (non-hydrogen) atoms. The summed E-state index contributed by atoms with van der Waals surface area (Å²) < 4.78 is 7.28. The van der Waals surface area contributed by atoms with Gasteiger partial charge >= 0.3 is 0 Å². The normalized spacial score (nSPS) is 15.8. The van der Waals surface area contributed by atoms with Crippen LogP contribution in [-0.2, 0) is 10.2 Å². The molecule has 2 aromatic rings. The van der Waals surface area contributed by atoms with Crippen LogP contribution in [0.1, 0.15) is 52.7 Å². The number of carbonyl (C=O) groups excluding carboxylic acids is 1. The first-order chi connectivity index (χ1) is 16.6. The van der Waals surface area contributed by atoms with Gasteiger partial charge in [-0.15, -0.1) is 0 Å². The average molecular weight is 492 g/mol. The highest BCUT2D eigenvalue weighted by Crippen LogP contribution is 2.41. The lowest BCUT2D eigenvalue weighted by atomic mass is 9.81. The number of allylic oxidation sites excluding steroid dienone is 5. The van der Waals surface area contributed by atoms with Crippen LogP contribution < -0.4 is 9.64 Å². The maximum Gasteiger partial charge on any atom is 0.298 e. The van der Waals surface area contributed by atoms with E-state index in [2.05, 4.69) is 94.5 Å². The Morgan fingerprint density at radius 2 is 1.69 bits per heavy atom. The summed E-state index contributed by atoms with van der Waals surface area (Å²) in [6.07, 6.45) is 6.37. The van der Waals surface area contributed by atoms with Gasteiger partial charge in [0.15, 0.2) is 5.71 Å². The number of hydrogen-bond donors (Lipinski definition) is 0. The fraction of sp³-hybridized carbons (Fsp3) is 0.333. The van der Waals surface area contributed by atoms with Crippen molar-refractivity contribution >= 4 is 40.2 Å². The molecule has 5 heteroatoms. The minimum atomic E-state index is -0.227. The molecule has 0 spiro atoms. The third-order valence-electron chi connectivity index (χ3n) is 6.63. The van der Waals surface area contributed by atoms with E-state index in [4.69, 9.17) is 16.3 Å². The van der Waals surface area contributed by atoms with Crippen molar-refractivity contribution in [3.63, 3.8) is 0 Å². The van der Waals surface area contributed by atoms with Gasteiger partial charge in [-0.2, -0.15) is 4.58 Å². The molecule has 0 amide bonds. The van der Waals surface area contributed by atoms with E-state index in [-0.39, 0.29) is 5.41 Å². The number of fused-ring (bicyclic) bond motifs is 1. The summed E-state index contributed by atoms with van der Waals surface area (Å²) in [5.41, 5.74) is 7.63. The molecule has 0 saturated carbocycles. The van der Waals surface area contributed by atoms with E-state index in [0.29, 0.717) is 12.2 Å². The number of anilines is 1. The Morgan fingerprint density at radius 3 is 2.29 bits per heavy atom. The maximum absolute atomic E-state index is 10.8. The Morgan fingerprint density at radius 1 is 1.03 bits per heavy atom. The minimum Gasteiger partial charge on any atom is -0.429 e. The van der Waals surface area contributed by atoms with E-state index in [1.54, 1.807) is 0 Å². The minimum absolute atomic E-state index is 0.227. The summed E-state index contributed by atoms with van der Waals surface area (Å²) in [5, 5.41) is 0.721. The lowest BCUT2D eigenvalue weighted by Gasteiger charge is -2.21. The van der Waals surface area contributed by atoms with Gasteiger partial charge in [-0.3, -0.25) is 4.79 Å². The average Bonchev–Trinajstić information content (AvgIpc) is 3.00. The molecule has 1 heterocycles. The number of halogens is 1. The van der Waals surface area contributed by atoms with Gasteiger partial charge in [0, 0.05) is 41.5 Å². The maximum atomic E-state index is 10.8. The number of hydrogen-bond acceptors (Lipinski definition) is 3. The zero-order valence-corrected chi connectivity index (χ0v) is 22.6. The summed E-state index contributed by atoms with van der Waals surface area (Å²) in [6.45, 7) is 15.3.